The van der Waals surface area contributed by atoms with Gasteiger partial charge < -0.3 is 10.1 Å². The summed E-state index contributed by atoms with van der Waals surface area (Å²) >= 11 is 0. The highest BCUT2D eigenvalue weighted by Crippen LogP contribution is 2.03. The molecule has 1 atom stereocenters. The third-order valence-corrected chi connectivity index (χ3v) is 2.46. The van der Waals surface area contributed by atoms with E-state index in [-0.39, 0.29) is 5.91 Å². The molecule has 0 saturated carbocycles. The van der Waals surface area contributed by atoms with Gasteiger partial charge in [-0.05, 0) is 32.4 Å². The van der Waals surface area contributed by atoms with Crippen molar-refractivity contribution < 1.29 is 14.3 Å². The van der Waals surface area contributed by atoms with Crippen LogP contribution in [0.2, 0.25) is 0 Å². The van der Waals surface area contributed by atoms with Gasteiger partial charge >= 0.3 is 5.97 Å². The molecule has 98 valence electrons. The molecule has 4 heteroatoms. The van der Waals surface area contributed by atoms with Crippen molar-refractivity contribution in [2.45, 2.75) is 33.2 Å². The van der Waals surface area contributed by atoms with Gasteiger partial charge in [0, 0.05) is 5.56 Å². The van der Waals surface area contributed by atoms with E-state index in [1.165, 1.54) is 0 Å². The Balaban J connectivity index is 2.53. The fraction of sp³-hybridized carbons (Fsp3) is 0.429. The summed E-state index contributed by atoms with van der Waals surface area (Å²) in [6, 6.07) is 6.54. The normalized spacial score (nSPS) is 11.7. The summed E-state index contributed by atoms with van der Waals surface area (Å²) in [6.45, 7) is 5.86. The molecule has 0 saturated heterocycles. The number of carbonyl (C=O) groups is 2. The standard InChI is InChI=1S/C14H19NO3/c1-4-9-18-14(17)11(3)15-13(16)12-7-5-10(2)6-8-12/h5-8,11H,4,9H2,1-3H3,(H,15,16)/t11-/m0/s1. The van der Waals surface area contributed by atoms with Crippen LogP contribution in [-0.2, 0) is 9.53 Å². The Hall–Kier alpha value is -1.84. The Morgan fingerprint density at radius 2 is 1.89 bits per heavy atom. The lowest BCUT2D eigenvalue weighted by molar-refractivity contribution is -0.145. The van der Waals surface area contributed by atoms with Gasteiger partial charge in [0.2, 0.25) is 0 Å². The van der Waals surface area contributed by atoms with Crippen LogP contribution in [0, 0.1) is 6.92 Å². The Labute approximate surface area is 107 Å². The van der Waals surface area contributed by atoms with Crippen LogP contribution in [0.15, 0.2) is 24.3 Å². The Morgan fingerprint density at radius 3 is 2.44 bits per heavy atom. The maximum atomic E-state index is 11.8. The SMILES string of the molecule is CCCOC(=O)[C@H](C)NC(=O)c1ccc(C)cc1. The maximum Gasteiger partial charge on any atom is 0.328 e. The van der Waals surface area contributed by atoms with Crippen molar-refractivity contribution in [1.29, 1.82) is 0 Å². The number of hydrogen-bond acceptors (Lipinski definition) is 3. The van der Waals surface area contributed by atoms with Gasteiger partial charge in [-0.15, -0.1) is 0 Å². The largest absolute Gasteiger partial charge is 0.464 e. The summed E-state index contributed by atoms with van der Waals surface area (Å²) in [5, 5.41) is 2.61. The van der Waals surface area contributed by atoms with Crippen LogP contribution < -0.4 is 5.32 Å². The smallest absolute Gasteiger partial charge is 0.328 e. The molecule has 1 amide bonds. The second-order valence-corrected chi connectivity index (χ2v) is 4.23. The Morgan fingerprint density at radius 1 is 1.28 bits per heavy atom. The van der Waals surface area contributed by atoms with Crippen molar-refractivity contribution in [3.63, 3.8) is 0 Å². The lowest BCUT2D eigenvalue weighted by Gasteiger charge is -2.13. The zero-order valence-electron chi connectivity index (χ0n) is 11.0. The molecule has 0 aromatic heterocycles. The fourth-order valence-electron chi connectivity index (χ4n) is 1.37. The van der Waals surface area contributed by atoms with Crippen molar-refractivity contribution in [3.05, 3.63) is 35.4 Å². The molecule has 0 aliphatic heterocycles. The van der Waals surface area contributed by atoms with E-state index in [9.17, 15) is 9.59 Å². The molecule has 18 heavy (non-hydrogen) atoms. The number of aryl methyl sites for hydroxylation is 1. The molecule has 1 aromatic rings. The van der Waals surface area contributed by atoms with Gasteiger partial charge in [-0.1, -0.05) is 24.6 Å². The second-order valence-electron chi connectivity index (χ2n) is 4.23. The molecule has 1 rings (SSSR count). The number of esters is 1. The first-order chi connectivity index (χ1) is 8.54. The lowest BCUT2D eigenvalue weighted by Crippen LogP contribution is -2.39. The number of carbonyl (C=O) groups excluding carboxylic acids is 2. The van der Waals surface area contributed by atoms with Crippen LogP contribution in [0.1, 0.15) is 36.2 Å². The zero-order valence-corrected chi connectivity index (χ0v) is 11.0. The molecule has 1 N–H and O–H groups in total. The first-order valence-electron chi connectivity index (χ1n) is 6.08. The van der Waals surface area contributed by atoms with Crippen LogP contribution >= 0.6 is 0 Å². The highest BCUT2D eigenvalue weighted by molar-refractivity contribution is 5.96. The first kappa shape index (κ1) is 14.2. The number of amides is 1. The van der Waals surface area contributed by atoms with Crippen molar-refractivity contribution >= 4 is 11.9 Å². The first-order valence-corrected chi connectivity index (χ1v) is 6.08. The monoisotopic (exact) mass is 249 g/mol. The minimum absolute atomic E-state index is 0.268. The molecule has 0 fully saturated rings. The molecule has 0 aliphatic carbocycles. The van der Waals surface area contributed by atoms with Gasteiger partial charge in [-0.2, -0.15) is 0 Å². The van der Waals surface area contributed by atoms with Gasteiger partial charge in [-0.25, -0.2) is 4.79 Å². The van der Waals surface area contributed by atoms with Crippen LogP contribution in [-0.4, -0.2) is 24.5 Å². The molecule has 1 aromatic carbocycles. The van der Waals surface area contributed by atoms with E-state index in [0.717, 1.165) is 12.0 Å². The quantitative estimate of drug-likeness (QED) is 0.813. The molecular weight excluding hydrogens is 230 g/mol. The molecular formula is C14H19NO3. The summed E-state index contributed by atoms with van der Waals surface area (Å²) < 4.78 is 4.96. The summed E-state index contributed by atoms with van der Waals surface area (Å²) in [6.07, 6.45) is 0.768. The van der Waals surface area contributed by atoms with Crippen LogP contribution in [0.3, 0.4) is 0 Å². The van der Waals surface area contributed by atoms with Crippen molar-refractivity contribution in [2.24, 2.45) is 0 Å². The van der Waals surface area contributed by atoms with Gasteiger partial charge in [0.15, 0.2) is 0 Å². The molecule has 0 heterocycles. The van der Waals surface area contributed by atoms with Crippen LogP contribution in [0.25, 0.3) is 0 Å². The Bertz CT molecular complexity index is 412. The van der Waals surface area contributed by atoms with E-state index in [0.29, 0.717) is 12.2 Å². The maximum absolute atomic E-state index is 11.8. The number of benzene rings is 1. The molecule has 4 nitrogen and oxygen atoms in total. The van der Waals surface area contributed by atoms with Gasteiger partial charge in [-0.3, -0.25) is 4.79 Å². The fourth-order valence-corrected chi connectivity index (χ4v) is 1.37. The van der Waals surface area contributed by atoms with Gasteiger partial charge in [0.05, 0.1) is 6.61 Å². The summed E-state index contributed by atoms with van der Waals surface area (Å²) in [5.41, 5.74) is 1.62. The number of hydrogen-bond donors (Lipinski definition) is 1. The molecule has 0 aliphatic rings. The minimum atomic E-state index is -0.634. The average Bonchev–Trinajstić information content (AvgIpc) is 2.36. The highest BCUT2D eigenvalue weighted by Gasteiger charge is 2.17. The number of ether oxygens (including phenoxy) is 1. The molecule has 0 radical (unpaired) electrons. The third kappa shape index (κ3) is 4.20. The topological polar surface area (TPSA) is 55.4 Å². The number of rotatable bonds is 5. The van der Waals surface area contributed by atoms with Crippen molar-refractivity contribution in [2.75, 3.05) is 6.61 Å². The number of nitrogens with one attached hydrogen (secondary N) is 1. The third-order valence-electron chi connectivity index (χ3n) is 2.46. The highest BCUT2D eigenvalue weighted by atomic mass is 16.5. The van der Waals surface area contributed by atoms with E-state index < -0.39 is 12.0 Å². The lowest BCUT2D eigenvalue weighted by atomic mass is 10.1. The van der Waals surface area contributed by atoms with E-state index in [4.69, 9.17) is 4.74 Å². The van der Waals surface area contributed by atoms with Gasteiger partial charge in [0.1, 0.15) is 6.04 Å². The summed E-state index contributed by atoms with van der Waals surface area (Å²) in [4.78, 5) is 23.3. The second kappa shape index (κ2) is 6.79. The minimum Gasteiger partial charge on any atom is -0.464 e. The predicted molar refractivity (Wildman–Crippen MR) is 69.4 cm³/mol. The van der Waals surface area contributed by atoms with E-state index in [1.54, 1.807) is 19.1 Å². The predicted octanol–water partition coefficient (Wildman–Crippen LogP) is 2.07. The molecule has 0 spiro atoms. The van der Waals surface area contributed by atoms with Crippen LogP contribution in [0.4, 0.5) is 0 Å². The summed E-state index contributed by atoms with van der Waals surface area (Å²) in [5.74, 6) is -0.673. The zero-order chi connectivity index (χ0) is 13.5. The summed E-state index contributed by atoms with van der Waals surface area (Å²) in [7, 11) is 0. The Kier molecular flexibility index (Phi) is 5.36. The van der Waals surface area contributed by atoms with Crippen molar-refractivity contribution in [1.82, 2.24) is 5.32 Å². The molecule has 0 unspecified atom stereocenters. The van der Waals surface area contributed by atoms with E-state index in [1.807, 2.05) is 26.0 Å². The van der Waals surface area contributed by atoms with E-state index in [2.05, 4.69) is 5.32 Å². The average molecular weight is 249 g/mol. The van der Waals surface area contributed by atoms with Gasteiger partial charge in [0.25, 0.3) is 5.91 Å². The molecule has 0 bridgehead atoms. The van der Waals surface area contributed by atoms with Crippen LogP contribution in [0.5, 0.6) is 0 Å². The van der Waals surface area contributed by atoms with Crippen molar-refractivity contribution in [3.8, 4) is 0 Å². The van der Waals surface area contributed by atoms with E-state index >= 15 is 0 Å².